The summed E-state index contributed by atoms with van der Waals surface area (Å²) in [5.74, 6) is 1.79. The molecule has 0 spiro atoms. The second kappa shape index (κ2) is 13.6. The highest BCUT2D eigenvalue weighted by molar-refractivity contribution is 5.95. The van der Waals surface area contributed by atoms with Crippen LogP contribution in [-0.4, -0.2) is 54.9 Å². The lowest BCUT2D eigenvalue weighted by Gasteiger charge is -2.55. The largest absolute Gasteiger partial charge is 0.491 e. The average Bonchev–Trinajstić information content (AvgIpc) is 2.89. The van der Waals surface area contributed by atoms with Crippen LogP contribution in [0.3, 0.4) is 0 Å². The third-order valence-corrected chi connectivity index (χ3v) is 8.31. The first kappa shape index (κ1) is 32.0. The van der Waals surface area contributed by atoms with E-state index in [-0.39, 0.29) is 29.4 Å². The molecule has 2 N–H and O–H groups in total. The number of rotatable bonds is 12. The van der Waals surface area contributed by atoms with Gasteiger partial charge < -0.3 is 24.8 Å². The van der Waals surface area contributed by atoms with Crippen molar-refractivity contribution in [3.05, 3.63) is 54.1 Å². The maximum atomic E-state index is 13.4. The summed E-state index contributed by atoms with van der Waals surface area (Å²) in [6, 6.07) is 15.8. The van der Waals surface area contributed by atoms with Crippen LogP contribution in [0.1, 0.15) is 90.4 Å². The highest BCUT2D eigenvalue weighted by Gasteiger charge is 2.50. The maximum Gasteiger partial charge on any atom is 0.308 e. The minimum absolute atomic E-state index is 0.0206. The van der Waals surface area contributed by atoms with Crippen molar-refractivity contribution in [1.82, 2.24) is 10.6 Å². The first-order chi connectivity index (χ1) is 19.9. The van der Waals surface area contributed by atoms with E-state index in [2.05, 4.69) is 31.4 Å². The smallest absolute Gasteiger partial charge is 0.308 e. The molecule has 0 saturated heterocycles. The second-order valence-electron chi connectivity index (χ2n) is 13.7. The van der Waals surface area contributed by atoms with E-state index < -0.39 is 5.60 Å². The summed E-state index contributed by atoms with van der Waals surface area (Å²) in [7, 11) is 0. The molecule has 2 bridgehead atoms. The van der Waals surface area contributed by atoms with Crippen molar-refractivity contribution in [2.75, 3.05) is 26.4 Å². The summed E-state index contributed by atoms with van der Waals surface area (Å²) in [5, 5.41) is 7.23. The van der Waals surface area contributed by atoms with Gasteiger partial charge in [-0.05, 0) is 114 Å². The van der Waals surface area contributed by atoms with Crippen molar-refractivity contribution in [3.8, 4) is 16.9 Å². The minimum Gasteiger partial charge on any atom is -0.491 e. The Kier molecular flexibility index (Phi) is 10.4. The number of hydrogen-bond acceptors (Lipinski definition) is 6. The van der Waals surface area contributed by atoms with Gasteiger partial charge in [0.25, 0.3) is 5.91 Å². The fourth-order valence-corrected chi connectivity index (χ4v) is 7.24. The van der Waals surface area contributed by atoms with Crippen LogP contribution in [0.2, 0.25) is 0 Å². The van der Waals surface area contributed by atoms with Crippen molar-refractivity contribution in [3.63, 3.8) is 0 Å². The van der Waals surface area contributed by atoms with Crippen LogP contribution in [0.25, 0.3) is 11.1 Å². The molecule has 7 heteroatoms. The topological polar surface area (TPSA) is 85.9 Å². The van der Waals surface area contributed by atoms with E-state index in [0.717, 1.165) is 42.7 Å². The Morgan fingerprint density at radius 1 is 0.929 bits per heavy atom. The molecule has 7 nitrogen and oxygen atoms in total. The molecule has 2 aliphatic rings. The fraction of sp³-hybridized carbons (Fsp3) is 0.600. The van der Waals surface area contributed by atoms with Crippen LogP contribution in [0, 0.1) is 11.8 Å². The van der Waals surface area contributed by atoms with Gasteiger partial charge in [-0.1, -0.05) is 38.1 Å². The molecular formula is C35H50N2O5. The van der Waals surface area contributed by atoms with E-state index in [1.165, 1.54) is 12.8 Å². The highest BCUT2D eigenvalue weighted by Crippen LogP contribution is 2.49. The first-order valence-electron chi connectivity index (χ1n) is 15.6. The second-order valence-corrected chi connectivity index (χ2v) is 13.7. The van der Waals surface area contributed by atoms with Gasteiger partial charge in [0, 0.05) is 16.6 Å². The third kappa shape index (κ3) is 9.05. The van der Waals surface area contributed by atoms with Crippen molar-refractivity contribution in [2.24, 2.45) is 11.8 Å². The number of carbonyl (C=O) groups is 2. The monoisotopic (exact) mass is 578 g/mol. The van der Waals surface area contributed by atoms with E-state index in [0.29, 0.717) is 37.2 Å². The quantitative estimate of drug-likeness (QED) is 0.220. The summed E-state index contributed by atoms with van der Waals surface area (Å²) in [6.07, 6.45) is 5.76. The number of fused-ring (bicyclic) bond motifs is 2. The molecule has 2 saturated carbocycles. The number of amides is 1. The minimum atomic E-state index is -0.482. The third-order valence-electron chi connectivity index (χ3n) is 8.31. The molecule has 4 unspecified atom stereocenters. The first-order valence-corrected chi connectivity index (χ1v) is 15.6. The van der Waals surface area contributed by atoms with Crippen molar-refractivity contribution >= 4 is 11.9 Å². The van der Waals surface area contributed by atoms with Gasteiger partial charge >= 0.3 is 5.97 Å². The summed E-state index contributed by atoms with van der Waals surface area (Å²) < 4.78 is 16.5. The van der Waals surface area contributed by atoms with Crippen molar-refractivity contribution in [2.45, 2.75) is 96.7 Å². The Balaban J connectivity index is 1.26. The number of esters is 1. The van der Waals surface area contributed by atoms with Crippen LogP contribution in [0.4, 0.5) is 0 Å². The zero-order valence-electron chi connectivity index (χ0n) is 26.4. The Labute approximate surface area is 252 Å². The van der Waals surface area contributed by atoms with Gasteiger partial charge in [-0.3, -0.25) is 9.59 Å². The van der Waals surface area contributed by atoms with E-state index in [9.17, 15) is 9.59 Å². The molecule has 42 heavy (non-hydrogen) atoms. The Morgan fingerprint density at radius 2 is 1.60 bits per heavy atom. The molecular weight excluding hydrogens is 528 g/mol. The van der Waals surface area contributed by atoms with E-state index >= 15 is 0 Å². The van der Waals surface area contributed by atoms with Crippen LogP contribution in [0.5, 0.6) is 5.75 Å². The van der Waals surface area contributed by atoms with Gasteiger partial charge in [0.15, 0.2) is 0 Å². The molecule has 230 valence electrons. The molecule has 1 amide bonds. The molecule has 4 atom stereocenters. The number of hydrogen-bond donors (Lipinski definition) is 2. The summed E-state index contributed by atoms with van der Waals surface area (Å²) >= 11 is 0. The zero-order valence-corrected chi connectivity index (χ0v) is 26.4. The SMILES string of the molecule is CCNC1(C)CC2CC(C)CC(NC(=O)c3ccc(-c4ccc(OCCOCCC(=O)OC(C)(C)C)cc4)cc3)(C2)C1. The Morgan fingerprint density at radius 3 is 2.24 bits per heavy atom. The number of nitrogens with one attached hydrogen (secondary N) is 2. The van der Waals surface area contributed by atoms with Crippen molar-refractivity contribution < 1.29 is 23.8 Å². The number of ether oxygens (including phenoxy) is 3. The van der Waals surface area contributed by atoms with Gasteiger partial charge in [0.2, 0.25) is 0 Å². The molecule has 0 heterocycles. The highest BCUT2D eigenvalue weighted by atomic mass is 16.6. The van der Waals surface area contributed by atoms with E-state index in [4.69, 9.17) is 14.2 Å². The fourth-order valence-electron chi connectivity index (χ4n) is 7.24. The zero-order chi connectivity index (χ0) is 30.4. The molecule has 0 radical (unpaired) electrons. The van der Waals surface area contributed by atoms with E-state index in [1.807, 2.05) is 69.3 Å². The molecule has 0 aromatic heterocycles. The van der Waals surface area contributed by atoms with Crippen LogP contribution in [0.15, 0.2) is 48.5 Å². The van der Waals surface area contributed by atoms with Gasteiger partial charge in [0.05, 0.1) is 19.6 Å². The molecule has 2 aromatic rings. The van der Waals surface area contributed by atoms with Crippen LogP contribution < -0.4 is 15.4 Å². The van der Waals surface area contributed by atoms with E-state index in [1.54, 1.807) is 0 Å². The molecule has 2 aromatic carbocycles. The normalized spacial score (nSPS) is 25.5. The summed E-state index contributed by atoms with van der Waals surface area (Å²) in [5.41, 5.74) is 2.24. The van der Waals surface area contributed by atoms with Crippen LogP contribution in [-0.2, 0) is 14.3 Å². The lowest BCUT2D eigenvalue weighted by molar-refractivity contribution is -0.156. The Bertz CT molecular complexity index is 1190. The summed E-state index contributed by atoms with van der Waals surface area (Å²) in [4.78, 5) is 25.2. The molecule has 4 rings (SSSR count). The number of benzene rings is 2. The average molecular weight is 579 g/mol. The van der Waals surface area contributed by atoms with Gasteiger partial charge in [0.1, 0.15) is 18.0 Å². The van der Waals surface area contributed by atoms with Gasteiger partial charge in [-0.25, -0.2) is 0 Å². The number of carbonyl (C=O) groups excluding carboxylic acids is 2. The molecule has 2 fully saturated rings. The predicted molar refractivity (Wildman–Crippen MR) is 167 cm³/mol. The predicted octanol–water partition coefficient (Wildman–Crippen LogP) is 6.55. The standard InChI is InChI=1S/C35H50N2O5/c1-7-36-34(6)22-26-20-25(2)21-35(23-26,24-34)37-32(39)29-10-8-27(9-11-29)28-12-14-30(15-13-28)41-19-18-40-17-16-31(38)42-33(3,4)5/h8-15,25-26,36H,7,16-24H2,1-6H3,(H,37,39). The lowest BCUT2D eigenvalue weighted by atomic mass is 9.58. The summed E-state index contributed by atoms with van der Waals surface area (Å²) in [6.45, 7) is 14.4. The van der Waals surface area contributed by atoms with Gasteiger partial charge in [-0.15, -0.1) is 0 Å². The van der Waals surface area contributed by atoms with Crippen LogP contribution >= 0.6 is 0 Å². The van der Waals surface area contributed by atoms with Gasteiger partial charge in [-0.2, -0.15) is 0 Å². The van der Waals surface area contributed by atoms with Crippen molar-refractivity contribution in [1.29, 1.82) is 0 Å². The molecule has 0 aliphatic heterocycles. The molecule has 2 aliphatic carbocycles. The Hall–Kier alpha value is -2.90. The maximum absolute atomic E-state index is 13.4. The lowest BCUT2D eigenvalue weighted by Crippen LogP contribution is -2.63.